The zero-order valence-electron chi connectivity index (χ0n) is 18.7. The molecule has 6 rings (SSSR count). The summed E-state index contributed by atoms with van der Waals surface area (Å²) in [4.78, 5) is 12.4. The zero-order chi connectivity index (χ0) is 23.0. The van der Waals surface area contributed by atoms with Crippen molar-refractivity contribution < 1.29 is 20.1 Å². The van der Waals surface area contributed by atoms with Crippen molar-refractivity contribution in [2.24, 2.45) is 11.3 Å². The van der Waals surface area contributed by atoms with Crippen LogP contribution >= 0.6 is 0 Å². The van der Waals surface area contributed by atoms with Crippen LogP contribution in [0.3, 0.4) is 0 Å². The summed E-state index contributed by atoms with van der Waals surface area (Å²) in [6, 6.07) is 8.12. The van der Waals surface area contributed by atoms with E-state index in [2.05, 4.69) is 6.07 Å². The van der Waals surface area contributed by atoms with Gasteiger partial charge >= 0.3 is 0 Å². The summed E-state index contributed by atoms with van der Waals surface area (Å²) in [5, 5.41) is 42.6. The fourth-order valence-electron chi connectivity index (χ4n) is 8.00. The Balaban J connectivity index is 1.60. The number of aliphatic hydroxyl groups is 3. The lowest BCUT2D eigenvalue weighted by atomic mass is 9.47. The van der Waals surface area contributed by atoms with E-state index in [0.717, 1.165) is 36.8 Å². The average molecular weight is 444 g/mol. The third kappa shape index (κ3) is 2.66. The van der Waals surface area contributed by atoms with Gasteiger partial charge in [0.15, 0.2) is 5.78 Å². The van der Waals surface area contributed by atoms with Crippen molar-refractivity contribution in [2.75, 3.05) is 6.61 Å². The topological polar surface area (TPSA) is 102 Å². The van der Waals surface area contributed by atoms with Gasteiger partial charge in [0.1, 0.15) is 11.2 Å². The second-order valence-corrected chi connectivity index (χ2v) is 10.6. The highest BCUT2D eigenvalue weighted by Gasteiger charge is 2.65. The number of hydrogen-bond donors (Lipinski definition) is 3. The standard InChI is InChI=1S/C28H29NO4/c29-16-17-2-4-21-18(12-17)14-26-9-6-20(31)13-19(26)3-5-22-24-7-10-27(32,8-1-11-30)28(24,33)15-23(21)25(22)26/h1-2,4,8,12-13,23-24,30,32-33H,3,5-7,9-11,14-15H2/b8-1-/t23-,24+,26?,27+,28-/m1/s1. The van der Waals surface area contributed by atoms with Crippen molar-refractivity contribution in [3.05, 3.63) is 69.8 Å². The molecule has 1 fully saturated rings. The first-order valence-electron chi connectivity index (χ1n) is 12.1. The van der Waals surface area contributed by atoms with Gasteiger partial charge in [0.2, 0.25) is 0 Å². The van der Waals surface area contributed by atoms with Crippen LogP contribution in [0.2, 0.25) is 0 Å². The third-order valence-electron chi connectivity index (χ3n) is 9.34. The van der Waals surface area contributed by atoms with Crippen LogP contribution in [0.5, 0.6) is 0 Å². The van der Waals surface area contributed by atoms with E-state index in [1.807, 2.05) is 24.3 Å². The van der Waals surface area contributed by atoms with Crippen molar-refractivity contribution >= 4 is 5.78 Å². The van der Waals surface area contributed by atoms with Gasteiger partial charge in [-0.1, -0.05) is 34.9 Å². The molecule has 0 aliphatic heterocycles. The third-order valence-corrected chi connectivity index (χ3v) is 9.34. The Labute approximate surface area is 193 Å². The van der Waals surface area contributed by atoms with E-state index >= 15 is 0 Å². The molecular formula is C28H29NO4. The monoisotopic (exact) mass is 443 g/mol. The molecule has 1 spiro atoms. The molecule has 0 amide bonds. The second kappa shape index (κ2) is 6.99. The first-order valence-corrected chi connectivity index (χ1v) is 12.1. The van der Waals surface area contributed by atoms with Gasteiger partial charge in [0.05, 0.1) is 18.2 Å². The number of benzene rings is 1. The quantitative estimate of drug-likeness (QED) is 0.608. The summed E-state index contributed by atoms with van der Waals surface area (Å²) in [6.45, 7) is -0.175. The minimum atomic E-state index is -1.38. The number of aliphatic hydroxyl groups excluding tert-OH is 1. The molecule has 1 saturated carbocycles. The highest BCUT2D eigenvalue weighted by atomic mass is 16.4. The summed E-state index contributed by atoms with van der Waals surface area (Å²) in [6.07, 6.45) is 10.3. The molecule has 5 atom stereocenters. The Kier molecular flexibility index (Phi) is 4.46. The summed E-state index contributed by atoms with van der Waals surface area (Å²) < 4.78 is 0. The summed E-state index contributed by atoms with van der Waals surface area (Å²) in [5.41, 5.74) is 3.87. The van der Waals surface area contributed by atoms with Gasteiger partial charge in [0, 0.05) is 23.7 Å². The molecule has 1 aromatic rings. The number of rotatable bonds is 2. The molecule has 1 aromatic carbocycles. The smallest absolute Gasteiger partial charge is 0.155 e. The number of ketones is 1. The maximum Gasteiger partial charge on any atom is 0.155 e. The SMILES string of the molecule is N#Cc1ccc2c(c1)CC13CCC(=O)C=C1CCC1=C3[C@@H]2C[C@@]2(O)[C@H]1CC[C@@]2(O)/C=C\CO. The minimum Gasteiger partial charge on any atom is -0.392 e. The number of hydrogen-bond acceptors (Lipinski definition) is 5. The molecule has 0 saturated heterocycles. The van der Waals surface area contributed by atoms with Crippen LogP contribution in [0.15, 0.2) is 53.1 Å². The molecule has 5 nitrogen and oxygen atoms in total. The lowest BCUT2D eigenvalue weighted by Gasteiger charge is -2.58. The van der Waals surface area contributed by atoms with Gasteiger partial charge in [-0.05, 0) is 74.3 Å². The van der Waals surface area contributed by atoms with Crippen molar-refractivity contribution in [3.63, 3.8) is 0 Å². The van der Waals surface area contributed by atoms with Crippen LogP contribution in [0.25, 0.3) is 0 Å². The summed E-state index contributed by atoms with van der Waals surface area (Å²) >= 11 is 0. The molecule has 0 heterocycles. The molecule has 0 radical (unpaired) electrons. The van der Waals surface area contributed by atoms with Crippen molar-refractivity contribution in [2.45, 2.75) is 68.5 Å². The molecular weight excluding hydrogens is 414 g/mol. The number of nitrogens with zero attached hydrogens (tertiary/aromatic N) is 1. The van der Waals surface area contributed by atoms with Gasteiger partial charge in [-0.3, -0.25) is 4.79 Å². The highest BCUT2D eigenvalue weighted by Crippen LogP contribution is 2.68. The van der Waals surface area contributed by atoms with Gasteiger partial charge in [0.25, 0.3) is 0 Å². The first kappa shape index (κ1) is 21.0. The van der Waals surface area contributed by atoms with Gasteiger partial charge in [-0.2, -0.15) is 5.26 Å². The van der Waals surface area contributed by atoms with Crippen LogP contribution in [0.1, 0.15) is 67.6 Å². The van der Waals surface area contributed by atoms with Gasteiger partial charge in [-0.15, -0.1) is 0 Å². The van der Waals surface area contributed by atoms with Crippen LogP contribution < -0.4 is 0 Å². The van der Waals surface area contributed by atoms with E-state index in [-0.39, 0.29) is 29.6 Å². The summed E-state index contributed by atoms with van der Waals surface area (Å²) in [7, 11) is 0. The largest absolute Gasteiger partial charge is 0.392 e. The molecule has 3 N–H and O–H groups in total. The van der Waals surface area contributed by atoms with E-state index in [9.17, 15) is 25.4 Å². The lowest BCUT2D eigenvalue weighted by Crippen LogP contribution is -2.58. The normalized spacial score (nSPS) is 38.8. The van der Waals surface area contributed by atoms with E-state index in [1.165, 1.54) is 22.8 Å². The van der Waals surface area contributed by atoms with Crippen molar-refractivity contribution in [3.8, 4) is 6.07 Å². The molecule has 1 unspecified atom stereocenters. The van der Waals surface area contributed by atoms with E-state index in [1.54, 1.807) is 6.08 Å². The lowest BCUT2D eigenvalue weighted by molar-refractivity contribution is -0.131. The second-order valence-electron chi connectivity index (χ2n) is 10.6. The molecule has 5 aliphatic carbocycles. The van der Waals surface area contributed by atoms with E-state index in [4.69, 9.17) is 0 Å². The number of allylic oxidation sites excluding steroid dienone is 3. The van der Waals surface area contributed by atoms with Crippen LogP contribution in [-0.2, 0) is 11.2 Å². The predicted octanol–water partition coefficient (Wildman–Crippen LogP) is 3.39. The Morgan fingerprint density at radius 3 is 2.82 bits per heavy atom. The fraction of sp³-hybridized carbons (Fsp3) is 0.500. The zero-order valence-corrected chi connectivity index (χ0v) is 18.7. The maximum absolute atomic E-state index is 12.4. The minimum absolute atomic E-state index is 0.0539. The highest BCUT2D eigenvalue weighted by molar-refractivity contribution is 5.92. The number of nitriles is 1. The van der Waals surface area contributed by atoms with Crippen molar-refractivity contribution in [1.82, 2.24) is 0 Å². The Bertz CT molecular complexity index is 1200. The van der Waals surface area contributed by atoms with Crippen LogP contribution in [-0.4, -0.2) is 38.9 Å². The Morgan fingerprint density at radius 1 is 1.18 bits per heavy atom. The van der Waals surface area contributed by atoms with Gasteiger partial charge < -0.3 is 15.3 Å². The van der Waals surface area contributed by atoms with E-state index < -0.39 is 11.2 Å². The molecule has 0 aromatic heterocycles. The molecule has 0 bridgehead atoms. The molecule has 170 valence electrons. The van der Waals surface area contributed by atoms with Crippen LogP contribution in [0, 0.1) is 22.7 Å². The number of carbonyl (C=O) groups excluding carboxylic acids is 1. The molecule has 33 heavy (non-hydrogen) atoms. The number of fused-ring (bicyclic) bond motifs is 4. The molecule has 5 heteroatoms. The maximum atomic E-state index is 12.4. The average Bonchev–Trinajstić information content (AvgIpc) is 3.08. The summed E-state index contributed by atoms with van der Waals surface area (Å²) in [5.74, 6) is 0.0272. The Morgan fingerprint density at radius 2 is 2.03 bits per heavy atom. The van der Waals surface area contributed by atoms with Gasteiger partial charge in [-0.25, -0.2) is 0 Å². The predicted molar refractivity (Wildman–Crippen MR) is 122 cm³/mol. The first-order chi connectivity index (χ1) is 15.8. The Hall–Kier alpha value is -2.52. The molecule has 5 aliphatic rings. The van der Waals surface area contributed by atoms with Crippen LogP contribution in [0.4, 0.5) is 0 Å². The van der Waals surface area contributed by atoms with Crippen molar-refractivity contribution in [1.29, 1.82) is 5.26 Å². The number of carbonyl (C=O) groups is 1. The fourth-order valence-corrected chi connectivity index (χ4v) is 8.00. The van der Waals surface area contributed by atoms with E-state index in [0.29, 0.717) is 31.2 Å².